The molecule has 0 atom stereocenters. The molecule has 0 saturated heterocycles. The molecule has 0 aromatic carbocycles. The van der Waals surface area contributed by atoms with Crippen LogP contribution in [-0.4, -0.2) is 51.0 Å². The van der Waals surface area contributed by atoms with Crippen LogP contribution in [0.4, 0.5) is 0 Å². The van der Waals surface area contributed by atoms with Gasteiger partial charge in [0.1, 0.15) is 9.84 Å². The predicted molar refractivity (Wildman–Crippen MR) is 55.5 cm³/mol. The third-order valence-electron chi connectivity index (χ3n) is 2.33. The summed E-state index contributed by atoms with van der Waals surface area (Å²) in [6.07, 6.45) is 1.25. The van der Waals surface area contributed by atoms with Crippen LogP contribution < -0.4 is 5.73 Å². The molecular weight excluding hydrogens is 188 g/mol. The third-order valence-corrected chi connectivity index (χ3v) is 3.25. The lowest BCUT2D eigenvalue weighted by molar-refractivity contribution is 0.174. The maximum absolute atomic E-state index is 10.9. The molecule has 0 aliphatic rings. The van der Waals surface area contributed by atoms with Crippen LogP contribution in [-0.2, 0) is 9.84 Å². The predicted octanol–water partition coefficient (Wildman–Crippen LogP) is -0.300. The van der Waals surface area contributed by atoms with Crippen LogP contribution in [0.3, 0.4) is 0 Å². The fraction of sp³-hybridized carbons (Fsp3) is 1.00. The maximum atomic E-state index is 10.9. The first-order chi connectivity index (χ1) is 5.69. The first kappa shape index (κ1) is 12.9. The van der Waals surface area contributed by atoms with Crippen molar-refractivity contribution in [3.63, 3.8) is 0 Å². The van der Waals surface area contributed by atoms with E-state index in [0.29, 0.717) is 13.1 Å². The molecule has 0 rings (SSSR count). The number of nitrogens with two attached hydrogens (primary N) is 1. The highest BCUT2D eigenvalue weighted by Gasteiger charge is 2.21. The molecule has 0 unspecified atom stereocenters. The topological polar surface area (TPSA) is 63.4 Å². The molecule has 0 aromatic rings. The molecule has 0 bridgehead atoms. The first-order valence-electron chi connectivity index (χ1n) is 4.28. The fourth-order valence-corrected chi connectivity index (χ4v) is 1.37. The number of rotatable bonds is 5. The van der Waals surface area contributed by atoms with Crippen LogP contribution in [0.25, 0.3) is 0 Å². The molecule has 0 aliphatic carbocycles. The van der Waals surface area contributed by atoms with Gasteiger partial charge in [-0.3, -0.25) is 4.90 Å². The van der Waals surface area contributed by atoms with E-state index in [1.54, 1.807) is 0 Å². The SMILES string of the molecule is CN(CCS(C)(=O)=O)C(C)(C)CN. The Morgan fingerprint density at radius 1 is 1.38 bits per heavy atom. The molecule has 0 amide bonds. The summed E-state index contributed by atoms with van der Waals surface area (Å²) in [5.74, 6) is 0.187. The van der Waals surface area contributed by atoms with Gasteiger partial charge in [-0.15, -0.1) is 0 Å². The van der Waals surface area contributed by atoms with E-state index in [0.717, 1.165) is 0 Å². The van der Waals surface area contributed by atoms with Crippen molar-refractivity contribution >= 4 is 9.84 Å². The highest BCUT2D eigenvalue weighted by Crippen LogP contribution is 2.09. The Morgan fingerprint density at radius 3 is 2.15 bits per heavy atom. The van der Waals surface area contributed by atoms with Crippen molar-refractivity contribution < 1.29 is 8.42 Å². The monoisotopic (exact) mass is 208 g/mol. The van der Waals surface area contributed by atoms with Gasteiger partial charge in [-0.2, -0.15) is 0 Å². The van der Waals surface area contributed by atoms with Gasteiger partial charge in [0.05, 0.1) is 5.75 Å². The molecule has 0 spiro atoms. The van der Waals surface area contributed by atoms with Crippen molar-refractivity contribution in [2.75, 3.05) is 32.1 Å². The van der Waals surface area contributed by atoms with Gasteiger partial charge in [-0.05, 0) is 20.9 Å². The number of hydrogen-bond acceptors (Lipinski definition) is 4. The highest BCUT2D eigenvalue weighted by molar-refractivity contribution is 7.90. The van der Waals surface area contributed by atoms with Crippen molar-refractivity contribution in [3.8, 4) is 0 Å². The van der Waals surface area contributed by atoms with Gasteiger partial charge in [0.15, 0.2) is 0 Å². The Bertz CT molecular complexity index is 247. The lowest BCUT2D eigenvalue weighted by atomic mass is 10.0. The van der Waals surface area contributed by atoms with E-state index in [4.69, 9.17) is 5.73 Å². The van der Waals surface area contributed by atoms with Gasteiger partial charge >= 0.3 is 0 Å². The van der Waals surface area contributed by atoms with Gasteiger partial charge in [0.2, 0.25) is 0 Å². The molecule has 80 valence electrons. The van der Waals surface area contributed by atoms with E-state index >= 15 is 0 Å². The van der Waals surface area contributed by atoms with Crippen LogP contribution in [0.1, 0.15) is 13.8 Å². The molecule has 0 saturated carbocycles. The molecule has 0 heterocycles. The van der Waals surface area contributed by atoms with Gasteiger partial charge < -0.3 is 5.73 Å². The van der Waals surface area contributed by atoms with E-state index in [9.17, 15) is 8.42 Å². The zero-order valence-corrected chi connectivity index (χ0v) is 9.69. The number of likely N-dealkylation sites (N-methyl/N-ethyl adjacent to an activating group) is 1. The van der Waals surface area contributed by atoms with E-state index in [1.807, 2.05) is 25.8 Å². The quantitative estimate of drug-likeness (QED) is 0.674. The Hall–Kier alpha value is -0.130. The van der Waals surface area contributed by atoms with Gasteiger partial charge in [0.25, 0.3) is 0 Å². The third kappa shape index (κ3) is 5.23. The molecule has 5 heteroatoms. The summed E-state index contributed by atoms with van der Waals surface area (Å²) in [5, 5.41) is 0. The minimum Gasteiger partial charge on any atom is -0.329 e. The first-order valence-corrected chi connectivity index (χ1v) is 6.34. The summed E-state index contributed by atoms with van der Waals surface area (Å²) in [6, 6.07) is 0. The lowest BCUT2D eigenvalue weighted by Crippen LogP contribution is -2.48. The zero-order valence-electron chi connectivity index (χ0n) is 8.87. The molecule has 2 N–H and O–H groups in total. The van der Waals surface area contributed by atoms with E-state index in [-0.39, 0.29) is 11.3 Å². The van der Waals surface area contributed by atoms with Gasteiger partial charge in [0, 0.05) is 24.9 Å². The second-order valence-corrected chi connectivity index (χ2v) is 6.33. The Kier molecular flexibility index (Phi) is 4.35. The minimum absolute atomic E-state index is 0.134. The smallest absolute Gasteiger partial charge is 0.148 e. The van der Waals surface area contributed by atoms with Gasteiger partial charge in [-0.25, -0.2) is 8.42 Å². The van der Waals surface area contributed by atoms with Crippen LogP contribution in [0, 0.1) is 0 Å². The molecule has 4 nitrogen and oxygen atoms in total. The fourth-order valence-electron chi connectivity index (χ4n) is 0.761. The van der Waals surface area contributed by atoms with Crippen molar-refractivity contribution in [2.45, 2.75) is 19.4 Å². The summed E-state index contributed by atoms with van der Waals surface area (Å²) in [6.45, 7) is 5.04. The lowest BCUT2D eigenvalue weighted by Gasteiger charge is -2.34. The van der Waals surface area contributed by atoms with E-state index in [1.165, 1.54) is 6.26 Å². The van der Waals surface area contributed by atoms with E-state index in [2.05, 4.69) is 0 Å². The van der Waals surface area contributed by atoms with Crippen LogP contribution in [0.2, 0.25) is 0 Å². The highest BCUT2D eigenvalue weighted by atomic mass is 32.2. The second-order valence-electron chi connectivity index (χ2n) is 4.07. The normalized spacial score (nSPS) is 13.7. The average molecular weight is 208 g/mol. The molecule has 0 aliphatic heterocycles. The minimum atomic E-state index is -2.87. The van der Waals surface area contributed by atoms with Crippen molar-refractivity contribution in [2.24, 2.45) is 5.73 Å². The van der Waals surface area contributed by atoms with E-state index < -0.39 is 9.84 Å². The van der Waals surface area contributed by atoms with Crippen LogP contribution in [0.5, 0.6) is 0 Å². The molecule has 0 aromatic heterocycles. The van der Waals surface area contributed by atoms with Crippen molar-refractivity contribution in [1.82, 2.24) is 4.90 Å². The average Bonchev–Trinajstić information content (AvgIpc) is 1.98. The molecule has 0 fully saturated rings. The summed E-state index contributed by atoms with van der Waals surface area (Å²) >= 11 is 0. The van der Waals surface area contributed by atoms with Gasteiger partial charge in [-0.1, -0.05) is 0 Å². The number of hydrogen-bond donors (Lipinski definition) is 1. The second kappa shape index (κ2) is 4.39. The Morgan fingerprint density at radius 2 is 1.85 bits per heavy atom. The molecule has 0 radical (unpaired) electrons. The van der Waals surface area contributed by atoms with Crippen molar-refractivity contribution in [1.29, 1.82) is 0 Å². The zero-order chi connectivity index (χ0) is 10.7. The van der Waals surface area contributed by atoms with Crippen molar-refractivity contribution in [3.05, 3.63) is 0 Å². The Balaban J connectivity index is 4.10. The number of nitrogens with zero attached hydrogens (tertiary/aromatic N) is 1. The summed E-state index contributed by atoms with van der Waals surface area (Å²) < 4.78 is 21.8. The Labute approximate surface area is 81.0 Å². The largest absolute Gasteiger partial charge is 0.329 e. The molecular formula is C8H20N2O2S. The summed E-state index contributed by atoms with van der Waals surface area (Å²) in [7, 11) is -0.983. The summed E-state index contributed by atoms with van der Waals surface area (Å²) in [4.78, 5) is 1.97. The van der Waals surface area contributed by atoms with Crippen LogP contribution >= 0.6 is 0 Å². The summed E-state index contributed by atoms with van der Waals surface area (Å²) in [5.41, 5.74) is 5.42. The maximum Gasteiger partial charge on any atom is 0.148 e. The molecule has 13 heavy (non-hydrogen) atoms. The van der Waals surface area contributed by atoms with Crippen LogP contribution in [0.15, 0.2) is 0 Å². The standard InChI is InChI=1S/C8H20N2O2S/c1-8(2,7-9)10(3)5-6-13(4,11)12/h5-7,9H2,1-4H3. The number of sulfone groups is 1.